The maximum Gasteiger partial charge on any atom is 0.411 e. The number of nitrogens with one attached hydrogen (secondary N) is 2. The van der Waals surface area contributed by atoms with Crippen molar-refractivity contribution in [1.29, 1.82) is 0 Å². The Kier molecular flexibility index (Phi) is 5.16. The van der Waals surface area contributed by atoms with Crippen molar-refractivity contribution in [2.45, 2.75) is 13.0 Å². The number of carbonyl (C=O) groups is 2. The molecule has 2 amide bonds. The molecular weight excluding hydrogens is 368 g/mol. The number of hydrogen-bond donors (Lipinski definition) is 2. The maximum atomic E-state index is 12.5. The molecule has 1 heterocycles. The molecule has 0 radical (unpaired) electrons. The molecule has 6 heteroatoms. The number of hydrogen-bond acceptors (Lipinski definition) is 4. The third kappa shape index (κ3) is 4.06. The van der Waals surface area contributed by atoms with Crippen LogP contribution in [0.3, 0.4) is 0 Å². The molecule has 0 aliphatic rings. The van der Waals surface area contributed by atoms with E-state index in [9.17, 15) is 9.59 Å². The van der Waals surface area contributed by atoms with E-state index in [2.05, 4.69) is 15.4 Å². The van der Waals surface area contributed by atoms with Crippen LogP contribution in [0, 0.1) is 0 Å². The lowest BCUT2D eigenvalue weighted by Gasteiger charge is -2.07. The van der Waals surface area contributed by atoms with Crippen molar-refractivity contribution in [2.75, 3.05) is 12.4 Å². The van der Waals surface area contributed by atoms with Crippen molar-refractivity contribution < 1.29 is 18.7 Å². The number of ether oxygens (including phenoxy) is 1. The molecule has 1 aromatic heterocycles. The van der Waals surface area contributed by atoms with E-state index in [4.69, 9.17) is 4.42 Å². The summed E-state index contributed by atoms with van der Waals surface area (Å²) < 4.78 is 10.2. The van der Waals surface area contributed by atoms with Gasteiger partial charge in [0.25, 0.3) is 0 Å². The number of benzene rings is 3. The lowest BCUT2D eigenvalue weighted by Crippen LogP contribution is -2.24. The first-order chi connectivity index (χ1) is 14.1. The minimum absolute atomic E-state index is 0.0857. The Labute approximate surface area is 167 Å². The van der Waals surface area contributed by atoms with Gasteiger partial charge in [-0.25, -0.2) is 4.79 Å². The van der Waals surface area contributed by atoms with E-state index in [1.807, 2.05) is 48.5 Å². The van der Waals surface area contributed by atoms with Crippen molar-refractivity contribution in [3.05, 3.63) is 78.1 Å². The highest BCUT2D eigenvalue weighted by Crippen LogP contribution is 2.30. The van der Waals surface area contributed by atoms with Gasteiger partial charge in [-0.05, 0) is 34.5 Å². The molecule has 0 spiro atoms. The highest BCUT2D eigenvalue weighted by atomic mass is 16.5. The Hall–Kier alpha value is -3.80. The van der Waals surface area contributed by atoms with Crippen LogP contribution in [0.5, 0.6) is 0 Å². The van der Waals surface area contributed by atoms with Gasteiger partial charge in [-0.1, -0.05) is 42.5 Å². The summed E-state index contributed by atoms with van der Waals surface area (Å²) >= 11 is 0. The lowest BCUT2D eigenvalue weighted by molar-refractivity contribution is -0.120. The fourth-order valence-electron chi connectivity index (χ4n) is 3.32. The summed E-state index contributed by atoms with van der Waals surface area (Å²) in [6.07, 6.45) is 1.37. The van der Waals surface area contributed by atoms with Gasteiger partial charge in [0.2, 0.25) is 5.91 Å². The number of methoxy groups -OCH3 is 1. The van der Waals surface area contributed by atoms with Crippen LogP contribution in [0.1, 0.15) is 11.1 Å². The molecule has 0 saturated heterocycles. The van der Waals surface area contributed by atoms with Gasteiger partial charge in [-0.3, -0.25) is 10.1 Å². The summed E-state index contributed by atoms with van der Waals surface area (Å²) in [6, 6.07) is 19.2. The van der Waals surface area contributed by atoms with Crippen molar-refractivity contribution in [3.63, 3.8) is 0 Å². The Bertz CT molecular complexity index is 1180. The molecular formula is C23H20N2O4. The average Bonchev–Trinajstić information content (AvgIpc) is 3.16. The highest BCUT2D eigenvalue weighted by Gasteiger charge is 2.13. The zero-order valence-electron chi connectivity index (χ0n) is 15.9. The quantitative estimate of drug-likeness (QED) is 0.523. The van der Waals surface area contributed by atoms with Crippen LogP contribution in [0.15, 0.2) is 71.3 Å². The molecule has 0 saturated carbocycles. The zero-order valence-corrected chi connectivity index (χ0v) is 15.9. The summed E-state index contributed by atoms with van der Waals surface area (Å²) in [4.78, 5) is 23.7. The van der Waals surface area contributed by atoms with Crippen molar-refractivity contribution in [1.82, 2.24) is 5.32 Å². The Morgan fingerprint density at radius 1 is 1.00 bits per heavy atom. The molecule has 0 aliphatic heterocycles. The van der Waals surface area contributed by atoms with Crippen LogP contribution in [-0.2, 0) is 22.5 Å². The molecule has 0 atom stereocenters. The van der Waals surface area contributed by atoms with Crippen LogP contribution < -0.4 is 10.6 Å². The second kappa shape index (κ2) is 8.06. The second-order valence-corrected chi connectivity index (χ2v) is 6.69. The molecule has 0 fully saturated rings. The van der Waals surface area contributed by atoms with E-state index in [1.54, 1.807) is 18.4 Å². The molecule has 0 bridgehead atoms. The van der Waals surface area contributed by atoms with Gasteiger partial charge in [0.15, 0.2) is 0 Å². The number of fused-ring (bicyclic) bond motifs is 3. The minimum atomic E-state index is -0.522. The highest BCUT2D eigenvalue weighted by molar-refractivity contribution is 6.08. The molecule has 2 N–H and O–H groups in total. The minimum Gasteiger partial charge on any atom is -0.464 e. The number of furan rings is 1. The molecule has 146 valence electrons. The molecule has 3 aromatic carbocycles. The fraction of sp³-hybridized carbons (Fsp3) is 0.130. The predicted octanol–water partition coefficient (Wildman–Crippen LogP) is 4.62. The fourth-order valence-corrected chi connectivity index (χ4v) is 3.32. The van der Waals surface area contributed by atoms with E-state index < -0.39 is 6.09 Å². The number of amides is 2. The van der Waals surface area contributed by atoms with Crippen molar-refractivity contribution >= 4 is 39.4 Å². The van der Waals surface area contributed by atoms with Crippen LogP contribution in [0.25, 0.3) is 21.7 Å². The smallest absolute Gasteiger partial charge is 0.411 e. The molecule has 0 aliphatic carbocycles. The maximum absolute atomic E-state index is 12.5. The third-order valence-corrected chi connectivity index (χ3v) is 4.77. The van der Waals surface area contributed by atoms with Gasteiger partial charge in [0, 0.05) is 23.2 Å². The van der Waals surface area contributed by atoms with Gasteiger partial charge >= 0.3 is 6.09 Å². The van der Waals surface area contributed by atoms with Crippen molar-refractivity contribution in [2.24, 2.45) is 0 Å². The first kappa shape index (κ1) is 18.6. The largest absolute Gasteiger partial charge is 0.464 e. The van der Waals surface area contributed by atoms with Gasteiger partial charge in [-0.15, -0.1) is 0 Å². The van der Waals surface area contributed by atoms with E-state index in [1.165, 1.54) is 7.11 Å². The lowest BCUT2D eigenvalue weighted by atomic mass is 10.0. The molecule has 29 heavy (non-hydrogen) atoms. The topological polar surface area (TPSA) is 80.6 Å². The molecule has 6 nitrogen and oxygen atoms in total. The summed E-state index contributed by atoms with van der Waals surface area (Å²) in [5.41, 5.74) is 3.20. The van der Waals surface area contributed by atoms with Gasteiger partial charge in [0.1, 0.15) is 5.58 Å². The third-order valence-electron chi connectivity index (χ3n) is 4.77. The van der Waals surface area contributed by atoms with Crippen LogP contribution in [-0.4, -0.2) is 19.1 Å². The van der Waals surface area contributed by atoms with Crippen LogP contribution in [0.2, 0.25) is 0 Å². The van der Waals surface area contributed by atoms with E-state index in [-0.39, 0.29) is 12.3 Å². The Balaban J connectivity index is 1.43. The van der Waals surface area contributed by atoms with E-state index in [0.29, 0.717) is 12.2 Å². The molecule has 0 unspecified atom stereocenters. The first-order valence-electron chi connectivity index (χ1n) is 9.22. The van der Waals surface area contributed by atoms with Gasteiger partial charge < -0.3 is 14.5 Å². The zero-order chi connectivity index (χ0) is 20.2. The van der Waals surface area contributed by atoms with Crippen molar-refractivity contribution in [3.8, 4) is 0 Å². The summed E-state index contributed by atoms with van der Waals surface area (Å²) in [5.74, 6) is -0.0857. The van der Waals surface area contributed by atoms with Crippen LogP contribution in [0.4, 0.5) is 10.5 Å². The standard InChI is InChI=1S/C23H20N2O4/c1-28-23(27)25-18-9-6-15(7-10-18)13-24-21(26)12-17-14-29-20-11-8-16-4-2-3-5-19(16)22(17)20/h2-11,14H,12-13H2,1H3,(H,24,26)(H,25,27). The Morgan fingerprint density at radius 3 is 2.59 bits per heavy atom. The normalized spacial score (nSPS) is 10.8. The number of rotatable bonds is 5. The Morgan fingerprint density at radius 2 is 1.79 bits per heavy atom. The SMILES string of the molecule is COC(=O)Nc1ccc(CNC(=O)Cc2coc3ccc4ccccc4c23)cc1. The van der Waals surface area contributed by atoms with E-state index >= 15 is 0 Å². The monoisotopic (exact) mass is 388 g/mol. The van der Waals surface area contributed by atoms with E-state index in [0.717, 1.165) is 32.9 Å². The predicted molar refractivity (Wildman–Crippen MR) is 112 cm³/mol. The molecule has 4 rings (SSSR count). The second-order valence-electron chi connectivity index (χ2n) is 6.69. The summed E-state index contributed by atoms with van der Waals surface area (Å²) in [6.45, 7) is 0.397. The van der Waals surface area contributed by atoms with Gasteiger partial charge in [0.05, 0.1) is 19.8 Å². The van der Waals surface area contributed by atoms with Crippen LogP contribution >= 0.6 is 0 Å². The summed E-state index contributed by atoms with van der Waals surface area (Å²) in [5, 5.41) is 8.69. The average molecular weight is 388 g/mol. The number of carbonyl (C=O) groups excluding carboxylic acids is 2. The molecule has 4 aromatic rings. The van der Waals surface area contributed by atoms with Gasteiger partial charge in [-0.2, -0.15) is 0 Å². The number of anilines is 1. The first-order valence-corrected chi connectivity index (χ1v) is 9.22. The summed E-state index contributed by atoms with van der Waals surface area (Å²) in [7, 11) is 1.31.